The SMILES string of the molecule is CC(C)c1ncc(N)c(C(=O)NCCOCC(F)F)n1. The largest absolute Gasteiger partial charge is 0.396 e. The monoisotopic (exact) mass is 288 g/mol. The van der Waals surface area contributed by atoms with Gasteiger partial charge in [0, 0.05) is 12.5 Å². The van der Waals surface area contributed by atoms with Gasteiger partial charge in [-0.2, -0.15) is 0 Å². The summed E-state index contributed by atoms with van der Waals surface area (Å²) in [5.74, 6) is 0.0993. The smallest absolute Gasteiger partial charge is 0.272 e. The van der Waals surface area contributed by atoms with Crippen molar-refractivity contribution in [2.24, 2.45) is 0 Å². The summed E-state index contributed by atoms with van der Waals surface area (Å²) in [4.78, 5) is 20.0. The van der Waals surface area contributed by atoms with Crippen molar-refractivity contribution in [3.05, 3.63) is 17.7 Å². The Bertz CT molecular complexity index is 455. The Morgan fingerprint density at radius 1 is 1.50 bits per heavy atom. The van der Waals surface area contributed by atoms with Crippen LogP contribution in [0.1, 0.15) is 36.1 Å². The summed E-state index contributed by atoms with van der Waals surface area (Å²) in [6.07, 6.45) is -1.14. The number of nitrogens with one attached hydrogen (secondary N) is 1. The third-order valence-corrected chi connectivity index (χ3v) is 2.34. The molecule has 1 heterocycles. The van der Waals surface area contributed by atoms with Gasteiger partial charge in [-0.05, 0) is 0 Å². The first-order valence-corrected chi connectivity index (χ1v) is 6.18. The maximum absolute atomic E-state index is 11.9. The number of carbonyl (C=O) groups is 1. The molecule has 8 heteroatoms. The highest BCUT2D eigenvalue weighted by Gasteiger charge is 2.14. The van der Waals surface area contributed by atoms with Gasteiger partial charge in [-0.15, -0.1) is 0 Å². The first-order chi connectivity index (χ1) is 9.41. The molecule has 0 atom stereocenters. The number of alkyl halides is 2. The highest BCUT2D eigenvalue weighted by Crippen LogP contribution is 2.13. The number of hydrogen-bond acceptors (Lipinski definition) is 5. The Morgan fingerprint density at radius 3 is 2.80 bits per heavy atom. The zero-order chi connectivity index (χ0) is 15.1. The molecule has 0 radical (unpaired) electrons. The van der Waals surface area contributed by atoms with E-state index in [1.807, 2.05) is 13.8 Å². The minimum absolute atomic E-state index is 0.00188. The Labute approximate surface area is 115 Å². The minimum Gasteiger partial charge on any atom is -0.396 e. The molecule has 112 valence electrons. The van der Waals surface area contributed by atoms with Gasteiger partial charge < -0.3 is 15.8 Å². The van der Waals surface area contributed by atoms with Gasteiger partial charge >= 0.3 is 0 Å². The molecule has 0 fully saturated rings. The van der Waals surface area contributed by atoms with Crippen LogP contribution in [0.4, 0.5) is 14.5 Å². The molecule has 1 amide bonds. The van der Waals surface area contributed by atoms with E-state index in [1.165, 1.54) is 6.20 Å². The molecule has 1 rings (SSSR count). The van der Waals surface area contributed by atoms with Crippen LogP contribution in [-0.2, 0) is 4.74 Å². The predicted octanol–water partition coefficient (Wildman–Crippen LogP) is 1.19. The van der Waals surface area contributed by atoms with Gasteiger partial charge in [-0.25, -0.2) is 18.7 Å². The molecule has 1 aromatic rings. The molecule has 0 aliphatic heterocycles. The van der Waals surface area contributed by atoms with E-state index in [0.29, 0.717) is 5.82 Å². The lowest BCUT2D eigenvalue weighted by molar-refractivity contribution is 0.0188. The average molecular weight is 288 g/mol. The lowest BCUT2D eigenvalue weighted by Gasteiger charge is -2.09. The molecular formula is C12H18F2N4O2. The fraction of sp³-hybridized carbons (Fsp3) is 0.583. The van der Waals surface area contributed by atoms with Crippen molar-refractivity contribution >= 4 is 11.6 Å². The van der Waals surface area contributed by atoms with E-state index in [0.717, 1.165) is 0 Å². The summed E-state index contributed by atoms with van der Waals surface area (Å²) >= 11 is 0. The second kappa shape index (κ2) is 7.68. The maximum Gasteiger partial charge on any atom is 0.272 e. The molecule has 0 saturated heterocycles. The predicted molar refractivity (Wildman–Crippen MR) is 69.7 cm³/mol. The van der Waals surface area contributed by atoms with E-state index in [2.05, 4.69) is 20.0 Å². The standard InChI is InChI=1S/C12H18F2N4O2/c1-7(2)11-17-5-8(15)10(18-11)12(19)16-3-4-20-6-9(13)14/h5,7,9H,3-4,6,15H2,1-2H3,(H,16,19). The number of amides is 1. The first-order valence-electron chi connectivity index (χ1n) is 6.18. The summed E-state index contributed by atoms with van der Waals surface area (Å²) in [5.41, 5.74) is 5.89. The van der Waals surface area contributed by atoms with Crippen molar-refractivity contribution in [1.29, 1.82) is 0 Å². The van der Waals surface area contributed by atoms with Gasteiger partial charge in [0.15, 0.2) is 5.69 Å². The Morgan fingerprint density at radius 2 is 2.20 bits per heavy atom. The van der Waals surface area contributed by atoms with Crippen molar-refractivity contribution in [3.63, 3.8) is 0 Å². The number of nitrogens with two attached hydrogens (primary N) is 1. The molecule has 1 aromatic heterocycles. The first kappa shape index (κ1) is 16.2. The summed E-state index contributed by atoms with van der Waals surface area (Å²) in [5, 5.41) is 2.50. The molecule has 3 N–H and O–H groups in total. The Balaban J connectivity index is 2.52. The zero-order valence-electron chi connectivity index (χ0n) is 11.4. The molecule has 0 saturated carbocycles. The lowest BCUT2D eigenvalue weighted by Crippen LogP contribution is -2.29. The van der Waals surface area contributed by atoms with Crippen LogP contribution < -0.4 is 11.1 Å². The number of ether oxygens (including phenoxy) is 1. The highest BCUT2D eigenvalue weighted by molar-refractivity contribution is 5.96. The van der Waals surface area contributed by atoms with Gasteiger partial charge in [-0.3, -0.25) is 4.79 Å². The molecule has 0 bridgehead atoms. The number of nitrogens with zero attached hydrogens (tertiary/aromatic N) is 2. The number of rotatable bonds is 7. The van der Waals surface area contributed by atoms with E-state index < -0.39 is 18.9 Å². The molecule has 0 unspecified atom stereocenters. The molecule has 6 nitrogen and oxygen atoms in total. The van der Waals surface area contributed by atoms with Crippen LogP contribution in [0.3, 0.4) is 0 Å². The second-order valence-corrected chi connectivity index (χ2v) is 4.41. The Kier molecular flexibility index (Phi) is 6.23. The number of nitrogen functional groups attached to an aromatic ring is 1. The fourth-order valence-electron chi connectivity index (χ4n) is 1.36. The van der Waals surface area contributed by atoms with Gasteiger partial charge in [0.05, 0.1) is 18.5 Å². The molecule has 20 heavy (non-hydrogen) atoms. The van der Waals surface area contributed by atoms with Crippen LogP contribution in [-0.4, -0.2) is 42.1 Å². The van der Waals surface area contributed by atoms with E-state index in [4.69, 9.17) is 5.73 Å². The number of halogens is 2. The number of anilines is 1. The maximum atomic E-state index is 11.9. The van der Waals surface area contributed by atoms with Gasteiger partial charge in [0.1, 0.15) is 12.4 Å². The van der Waals surface area contributed by atoms with Crippen molar-refractivity contribution in [2.75, 3.05) is 25.5 Å². The topological polar surface area (TPSA) is 90.1 Å². The van der Waals surface area contributed by atoms with Crippen LogP contribution in [0.25, 0.3) is 0 Å². The summed E-state index contributed by atoms with van der Waals surface area (Å²) in [6, 6.07) is 0. The zero-order valence-corrected chi connectivity index (χ0v) is 11.4. The van der Waals surface area contributed by atoms with Crippen LogP contribution in [0.2, 0.25) is 0 Å². The van der Waals surface area contributed by atoms with E-state index >= 15 is 0 Å². The highest BCUT2D eigenvalue weighted by atomic mass is 19.3. The Hall–Kier alpha value is -1.83. The van der Waals surface area contributed by atoms with Gasteiger partial charge in [0.2, 0.25) is 0 Å². The van der Waals surface area contributed by atoms with Crippen LogP contribution in [0.15, 0.2) is 6.20 Å². The average Bonchev–Trinajstić information content (AvgIpc) is 2.37. The van der Waals surface area contributed by atoms with Crippen LogP contribution in [0.5, 0.6) is 0 Å². The third kappa shape index (κ3) is 5.04. The normalized spacial score (nSPS) is 11.1. The van der Waals surface area contributed by atoms with E-state index in [-0.39, 0.29) is 30.5 Å². The van der Waals surface area contributed by atoms with E-state index in [1.54, 1.807) is 0 Å². The number of aromatic nitrogens is 2. The fourth-order valence-corrected chi connectivity index (χ4v) is 1.36. The van der Waals surface area contributed by atoms with Crippen molar-refractivity contribution in [3.8, 4) is 0 Å². The van der Waals surface area contributed by atoms with Crippen LogP contribution in [0, 0.1) is 0 Å². The molecule has 0 aliphatic rings. The van der Waals surface area contributed by atoms with Gasteiger partial charge in [-0.1, -0.05) is 13.8 Å². The van der Waals surface area contributed by atoms with Crippen molar-refractivity contribution in [2.45, 2.75) is 26.2 Å². The van der Waals surface area contributed by atoms with Crippen molar-refractivity contribution < 1.29 is 18.3 Å². The second-order valence-electron chi connectivity index (χ2n) is 4.41. The third-order valence-electron chi connectivity index (χ3n) is 2.34. The molecule has 0 aromatic carbocycles. The minimum atomic E-state index is -2.52. The molecule has 0 spiro atoms. The van der Waals surface area contributed by atoms with Gasteiger partial charge in [0.25, 0.3) is 12.3 Å². The quantitative estimate of drug-likeness (QED) is 0.736. The molecular weight excluding hydrogens is 270 g/mol. The summed E-state index contributed by atoms with van der Waals surface area (Å²) < 4.78 is 28.3. The molecule has 0 aliphatic carbocycles. The summed E-state index contributed by atoms with van der Waals surface area (Å²) in [6.45, 7) is 3.24. The number of carbonyl (C=O) groups excluding carboxylic acids is 1. The van der Waals surface area contributed by atoms with Crippen molar-refractivity contribution in [1.82, 2.24) is 15.3 Å². The summed E-state index contributed by atoms with van der Waals surface area (Å²) in [7, 11) is 0. The van der Waals surface area contributed by atoms with Crippen LogP contribution >= 0.6 is 0 Å². The van der Waals surface area contributed by atoms with E-state index in [9.17, 15) is 13.6 Å². The number of hydrogen-bond donors (Lipinski definition) is 2. The lowest BCUT2D eigenvalue weighted by atomic mass is 10.2.